The normalized spacial score (nSPS) is 10.5. The number of nitriles is 1. The molecule has 1 aromatic rings. The third kappa shape index (κ3) is 2.60. The van der Waals surface area contributed by atoms with Gasteiger partial charge in [0.05, 0.1) is 22.9 Å². The van der Waals surface area contributed by atoms with Crippen molar-refractivity contribution in [2.45, 2.75) is 6.18 Å². The zero-order chi connectivity index (χ0) is 13.1. The fourth-order valence-electron chi connectivity index (χ4n) is 1.17. The molecule has 7 heteroatoms. The van der Waals surface area contributed by atoms with Crippen molar-refractivity contribution < 1.29 is 22.8 Å². The number of anilines is 1. The highest BCUT2D eigenvalue weighted by Gasteiger charge is 2.34. The van der Waals surface area contributed by atoms with Crippen LogP contribution >= 0.6 is 0 Å². The highest BCUT2D eigenvalue weighted by atomic mass is 19.4. The molecule has 0 spiro atoms. The van der Waals surface area contributed by atoms with Gasteiger partial charge in [0, 0.05) is 0 Å². The molecule has 0 fully saturated rings. The molecule has 88 valence electrons. The summed E-state index contributed by atoms with van der Waals surface area (Å²) in [7, 11) is 0. The van der Waals surface area contributed by atoms with Gasteiger partial charge in [0.25, 0.3) is 0 Å². The Labute approximate surface area is 93.9 Å². The first kappa shape index (κ1) is 12.7. The Bertz CT molecular complexity index is 483. The van der Waals surface area contributed by atoms with E-state index in [1.165, 1.54) is 6.07 Å². The van der Waals surface area contributed by atoms with Crippen molar-refractivity contribution in [3.05, 3.63) is 29.3 Å². The molecule has 0 bridgehead atoms. The minimum Gasteiger partial charge on any atom is -0.278 e. The SMILES string of the molecule is N#Cc1ccc(N(C=O)C=O)cc1C(F)(F)F. The predicted octanol–water partition coefficient (Wildman–Crippen LogP) is 1.70. The smallest absolute Gasteiger partial charge is 0.278 e. The Kier molecular flexibility index (Phi) is 3.48. The summed E-state index contributed by atoms with van der Waals surface area (Å²) in [6.45, 7) is 0. The number of imide groups is 1. The van der Waals surface area contributed by atoms with Crippen molar-refractivity contribution in [3.63, 3.8) is 0 Å². The van der Waals surface area contributed by atoms with Gasteiger partial charge < -0.3 is 0 Å². The van der Waals surface area contributed by atoms with E-state index in [1.54, 1.807) is 0 Å². The lowest BCUT2D eigenvalue weighted by atomic mass is 10.1. The fraction of sp³-hybridized carbons (Fsp3) is 0.100. The predicted molar refractivity (Wildman–Crippen MR) is 50.8 cm³/mol. The van der Waals surface area contributed by atoms with Crippen LogP contribution in [0.1, 0.15) is 11.1 Å². The van der Waals surface area contributed by atoms with Gasteiger partial charge in [0.2, 0.25) is 12.8 Å². The van der Waals surface area contributed by atoms with Crippen LogP contribution < -0.4 is 4.90 Å². The first-order chi connectivity index (χ1) is 7.93. The molecule has 0 aliphatic heterocycles. The molecular weight excluding hydrogens is 237 g/mol. The van der Waals surface area contributed by atoms with Crippen molar-refractivity contribution in [1.82, 2.24) is 0 Å². The minimum atomic E-state index is -4.72. The van der Waals surface area contributed by atoms with Crippen molar-refractivity contribution in [1.29, 1.82) is 5.26 Å². The summed E-state index contributed by atoms with van der Waals surface area (Å²) >= 11 is 0. The number of halogens is 3. The number of hydrogen-bond donors (Lipinski definition) is 0. The van der Waals surface area contributed by atoms with Gasteiger partial charge in [0.15, 0.2) is 0 Å². The molecule has 0 heterocycles. The van der Waals surface area contributed by atoms with Gasteiger partial charge in [-0.3, -0.25) is 14.5 Å². The van der Waals surface area contributed by atoms with Crippen molar-refractivity contribution in [3.8, 4) is 6.07 Å². The lowest BCUT2D eigenvalue weighted by Gasteiger charge is -2.13. The van der Waals surface area contributed by atoms with E-state index < -0.39 is 17.3 Å². The third-order valence-electron chi connectivity index (χ3n) is 1.95. The molecule has 1 aromatic carbocycles. The van der Waals surface area contributed by atoms with E-state index in [9.17, 15) is 22.8 Å². The molecule has 17 heavy (non-hydrogen) atoms. The standard InChI is InChI=1S/C10H5F3N2O2/c11-10(12,13)9-3-8(15(5-16)6-17)2-1-7(9)4-14/h1-3,5-6H. The lowest BCUT2D eigenvalue weighted by molar-refractivity contribution is -0.137. The highest BCUT2D eigenvalue weighted by Crippen LogP contribution is 2.34. The molecule has 0 saturated heterocycles. The summed E-state index contributed by atoms with van der Waals surface area (Å²) in [5.41, 5.74) is -2.01. The maximum atomic E-state index is 12.5. The number of nitrogens with zero attached hydrogens (tertiary/aromatic N) is 2. The quantitative estimate of drug-likeness (QED) is 0.758. The van der Waals surface area contributed by atoms with Gasteiger partial charge in [0.1, 0.15) is 0 Å². The summed E-state index contributed by atoms with van der Waals surface area (Å²) in [4.78, 5) is 21.2. The first-order valence-electron chi connectivity index (χ1n) is 4.24. The van der Waals surface area contributed by atoms with Crippen molar-refractivity contribution >= 4 is 18.5 Å². The Morgan fingerprint density at radius 1 is 1.24 bits per heavy atom. The van der Waals surface area contributed by atoms with Crippen LogP contribution in [0.4, 0.5) is 18.9 Å². The van der Waals surface area contributed by atoms with Crippen molar-refractivity contribution in [2.24, 2.45) is 0 Å². The molecule has 0 atom stereocenters. The van der Waals surface area contributed by atoms with Gasteiger partial charge in [-0.05, 0) is 18.2 Å². The van der Waals surface area contributed by atoms with E-state index in [2.05, 4.69) is 0 Å². The summed E-state index contributed by atoms with van der Waals surface area (Å²) in [5.74, 6) is 0. The zero-order valence-corrected chi connectivity index (χ0v) is 8.23. The maximum absolute atomic E-state index is 12.5. The average molecular weight is 242 g/mol. The van der Waals surface area contributed by atoms with Crippen LogP contribution in [0, 0.1) is 11.3 Å². The number of carbonyl (C=O) groups excluding carboxylic acids is 2. The van der Waals surface area contributed by atoms with E-state index in [-0.39, 0.29) is 18.5 Å². The van der Waals surface area contributed by atoms with E-state index in [1.807, 2.05) is 0 Å². The second-order valence-corrected chi connectivity index (χ2v) is 2.96. The number of rotatable bonds is 3. The zero-order valence-electron chi connectivity index (χ0n) is 8.23. The average Bonchev–Trinajstić information content (AvgIpc) is 2.29. The monoisotopic (exact) mass is 242 g/mol. The number of alkyl halides is 3. The Balaban J connectivity index is 3.38. The molecule has 0 aliphatic carbocycles. The van der Waals surface area contributed by atoms with E-state index in [0.29, 0.717) is 11.0 Å². The molecule has 2 amide bonds. The van der Waals surface area contributed by atoms with Crippen LogP contribution in [-0.2, 0) is 15.8 Å². The fourth-order valence-corrected chi connectivity index (χ4v) is 1.17. The second-order valence-electron chi connectivity index (χ2n) is 2.96. The van der Waals surface area contributed by atoms with Crippen LogP contribution in [0.5, 0.6) is 0 Å². The van der Waals surface area contributed by atoms with Crippen LogP contribution in [0.15, 0.2) is 18.2 Å². The summed E-state index contributed by atoms with van der Waals surface area (Å²) in [5, 5.41) is 8.52. The Morgan fingerprint density at radius 3 is 2.24 bits per heavy atom. The van der Waals surface area contributed by atoms with Crippen LogP contribution in [0.25, 0.3) is 0 Å². The highest BCUT2D eigenvalue weighted by molar-refractivity contribution is 5.95. The van der Waals surface area contributed by atoms with Crippen LogP contribution in [-0.4, -0.2) is 12.8 Å². The van der Waals surface area contributed by atoms with Crippen LogP contribution in [0.2, 0.25) is 0 Å². The molecule has 0 saturated carbocycles. The molecule has 0 radical (unpaired) electrons. The number of hydrogen-bond acceptors (Lipinski definition) is 3. The molecular formula is C10H5F3N2O2. The molecule has 1 rings (SSSR count). The van der Waals surface area contributed by atoms with Gasteiger partial charge >= 0.3 is 6.18 Å². The van der Waals surface area contributed by atoms with Gasteiger partial charge in [-0.15, -0.1) is 0 Å². The number of benzene rings is 1. The molecule has 0 aliphatic rings. The largest absolute Gasteiger partial charge is 0.417 e. The van der Waals surface area contributed by atoms with E-state index in [4.69, 9.17) is 5.26 Å². The van der Waals surface area contributed by atoms with E-state index >= 15 is 0 Å². The molecule has 4 nitrogen and oxygen atoms in total. The summed E-state index contributed by atoms with van der Waals surface area (Å²) in [6.07, 6.45) is -4.57. The topological polar surface area (TPSA) is 61.2 Å². The van der Waals surface area contributed by atoms with Gasteiger partial charge in [-0.2, -0.15) is 18.4 Å². The lowest BCUT2D eigenvalue weighted by Crippen LogP contribution is -2.19. The number of carbonyl (C=O) groups is 2. The summed E-state index contributed by atoms with van der Waals surface area (Å²) in [6, 6.07) is 3.94. The maximum Gasteiger partial charge on any atom is 0.417 e. The Hall–Kier alpha value is -2.36. The number of amides is 2. The summed E-state index contributed by atoms with van der Waals surface area (Å²) < 4.78 is 37.6. The van der Waals surface area contributed by atoms with Gasteiger partial charge in [-0.25, -0.2) is 0 Å². The van der Waals surface area contributed by atoms with Gasteiger partial charge in [-0.1, -0.05) is 0 Å². The van der Waals surface area contributed by atoms with E-state index in [0.717, 1.165) is 12.1 Å². The third-order valence-corrected chi connectivity index (χ3v) is 1.95. The first-order valence-corrected chi connectivity index (χ1v) is 4.24. The van der Waals surface area contributed by atoms with Crippen LogP contribution in [0.3, 0.4) is 0 Å². The molecule has 0 N–H and O–H groups in total. The molecule has 0 unspecified atom stereocenters. The minimum absolute atomic E-state index is 0.0779. The molecule has 0 aromatic heterocycles. The second kappa shape index (κ2) is 4.65. The Morgan fingerprint density at radius 2 is 1.82 bits per heavy atom. The van der Waals surface area contributed by atoms with Crippen molar-refractivity contribution in [2.75, 3.05) is 4.90 Å².